The van der Waals surface area contributed by atoms with Gasteiger partial charge >= 0.3 is 0 Å². The van der Waals surface area contributed by atoms with Crippen molar-refractivity contribution in [2.75, 3.05) is 5.32 Å². The first-order valence-electron chi connectivity index (χ1n) is 5.21. The lowest BCUT2D eigenvalue weighted by atomic mass is 9.86. The molecule has 16 heavy (non-hydrogen) atoms. The van der Waals surface area contributed by atoms with Gasteiger partial charge in [-0.15, -0.1) is 0 Å². The van der Waals surface area contributed by atoms with Crippen LogP contribution in [0.15, 0.2) is 18.2 Å². The molecule has 1 amide bonds. The first-order chi connectivity index (χ1) is 7.40. The van der Waals surface area contributed by atoms with Crippen molar-refractivity contribution in [2.24, 2.45) is 0 Å². The van der Waals surface area contributed by atoms with Gasteiger partial charge in [-0.05, 0) is 17.7 Å². The molecule has 0 radical (unpaired) electrons. The first-order valence-corrected chi connectivity index (χ1v) is 5.21. The summed E-state index contributed by atoms with van der Waals surface area (Å²) in [5.74, 6) is -0.461. The number of nitrogens with one attached hydrogen (secondary N) is 1. The molecule has 0 bridgehead atoms. The Morgan fingerprint density at radius 1 is 1.38 bits per heavy atom. The van der Waals surface area contributed by atoms with Gasteiger partial charge in [-0.1, -0.05) is 26.0 Å². The van der Waals surface area contributed by atoms with Crippen molar-refractivity contribution in [3.8, 4) is 0 Å². The van der Waals surface area contributed by atoms with E-state index in [2.05, 4.69) is 5.32 Å². The molecule has 1 N–H and O–H groups in total. The van der Waals surface area contributed by atoms with Crippen molar-refractivity contribution in [2.45, 2.75) is 26.2 Å². The Morgan fingerprint density at radius 3 is 2.69 bits per heavy atom. The molecular formula is C13H14FNO. The predicted molar refractivity (Wildman–Crippen MR) is 62.8 cm³/mol. The summed E-state index contributed by atoms with van der Waals surface area (Å²) in [4.78, 5) is 10.9. The van der Waals surface area contributed by atoms with Crippen LogP contribution in [0.3, 0.4) is 0 Å². The number of hydrogen-bond donors (Lipinski definition) is 1. The van der Waals surface area contributed by atoms with E-state index in [4.69, 9.17) is 0 Å². The number of carbonyl (C=O) groups is 1. The van der Waals surface area contributed by atoms with Crippen LogP contribution in [-0.2, 0) is 10.2 Å². The second-order valence-electron chi connectivity index (χ2n) is 4.66. The first kappa shape index (κ1) is 10.9. The van der Waals surface area contributed by atoms with Gasteiger partial charge in [-0.3, -0.25) is 4.79 Å². The van der Waals surface area contributed by atoms with E-state index in [9.17, 15) is 9.18 Å². The van der Waals surface area contributed by atoms with E-state index in [1.807, 2.05) is 26.0 Å². The van der Waals surface area contributed by atoms with Gasteiger partial charge < -0.3 is 5.32 Å². The third kappa shape index (κ3) is 1.73. The van der Waals surface area contributed by atoms with E-state index in [1.54, 1.807) is 6.07 Å². The minimum Gasteiger partial charge on any atom is -0.326 e. The fourth-order valence-corrected chi connectivity index (χ4v) is 2.10. The van der Waals surface area contributed by atoms with Crippen LogP contribution in [-0.4, -0.2) is 5.91 Å². The van der Waals surface area contributed by atoms with Gasteiger partial charge in [0.25, 0.3) is 0 Å². The summed E-state index contributed by atoms with van der Waals surface area (Å²) in [5, 5.41) is 2.59. The molecule has 2 nitrogen and oxygen atoms in total. The Kier molecular flexibility index (Phi) is 2.34. The molecule has 0 heterocycles. The number of fused-ring (bicyclic) bond motifs is 1. The summed E-state index contributed by atoms with van der Waals surface area (Å²) in [6, 6.07) is 3.17. The van der Waals surface area contributed by atoms with Crippen LogP contribution in [0.2, 0.25) is 0 Å². The van der Waals surface area contributed by atoms with E-state index in [-0.39, 0.29) is 17.1 Å². The van der Waals surface area contributed by atoms with Gasteiger partial charge in [-0.25, -0.2) is 4.39 Å². The van der Waals surface area contributed by atoms with Crippen molar-refractivity contribution in [3.63, 3.8) is 0 Å². The van der Waals surface area contributed by atoms with E-state index < -0.39 is 0 Å². The SMILES string of the molecule is CC(=O)Nc1cc(F)c2c(c1)C=CC2(C)C. The molecule has 0 aromatic heterocycles. The second kappa shape index (κ2) is 3.44. The molecule has 1 aliphatic rings. The number of amides is 1. The zero-order valence-electron chi connectivity index (χ0n) is 9.60. The molecule has 1 aromatic carbocycles. The lowest BCUT2D eigenvalue weighted by Crippen LogP contribution is -2.14. The van der Waals surface area contributed by atoms with Crippen molar-refractivity contribution in [1.82, 2.24) is 0 Å². The molecule has 1 aromatic rings. The fraction of sp³-hybridized carbons (Fsp3) is 0.308. The van der Waals surface area contributed by atoms with Crippen LogP contribution in [0.1, 0.15) is 31.9 Å². The minimum absolute atomic E-state index is 0.194. The molecule has 0 spiro atoms. The molecule has 0 fully saturated rings. The quantitative estimate of drug-likeness (QED) is 0.772. The zero-order valence-corrected chi connectivity index (χ0v) is 9.60. The molecule has 3 heteroatoms. The number of benzene rings is 1. The zero-order chi connectivity index (χ0) is 11.9. The normalized spacial score (nSPS) is 16.0. The van der Waals surface area contributed by atoms with Gasteiger partial charge in [0.05, 0.1) is 0 Å². The monoisotopic (exact) mass is 219 g/mol. The average Bonchev–Trinajstić information content (AvgIpc) is 2.40. The summed E-state index contributed by atoms with van der Waals surface area (Å²) >= 11 is 0. The summed E-state index contributed by atoms with van der Waals surface area (Å²) in [6.07, 6.45) is 3.86. The number of halogens is 1. The number of anilines is 1. The van der Waals surface area contributed by atoms with Crippen LogP contribution in [0.25, 0.3) is 6.08 Å². The van der Waals surface area contributed by atoms with E-state index in [0.717, 1.165) is 5.56 Å². The molecule has 1 aliphatic carbocycles. The van der Waals surface area contributed by atoms with Crippen LogP contribution in [0, 0.1) is 5.82 Å². The Balaban J connectivity index is 2.49. The number of allylic oxidation sites excluding steroid dienone is 1. The summed E-state index contributed by atoms with van der Waals surface area (Å²) in [6.45, 7) is 5.35. The van der Waals surface area contributed by atoms with Crippen molar-refractivity contribution >= 4 is 17.7 Å². The molecule has 0 saturated heterocycles. The Hall–Kier alpha value is -1.64. The van der Waals surface area contributed by atoms with Gasteiger partial charge in [0.15, 0.2) is 0 Å². The Bertz CT molecular complexity index is 489. The number of carbonyl (C=O) groups excluding carboxylic acids is 1. The topological polar surface area (TPSA) is 29.1 Å². The third-order valence-corrected chi connectivity index (χ3v) is 2.76. The largest absolute Gasteiger partial charge is 0.326 e. The summed E-state index contributed by atoms with van der Waals surface area (Å²) < 4.78 is 13.9. The van der Waals surface area contributed by atoms with Crippen molar-refractivity contribution in [1.29, 1.82) is 0 Å². The lowest BCUT2D eigenvalue weighted by Gasteiger charge is -2.19. The van der Waals surface area contributed by atoms with Crippen LogP contribution < -0.4 is 5.32 Å². The lowest BCUT2D eigenvalue weighted by molar-refractivity contribution is -0.114. The maximum atomic E-state index is 13.9. The number of rotatable bonds is 1. The van der Waals surface area contributed by atoms with E-state index in [1.165, 1.54) is 13.0 Å². The maximum absolute atomic E-state index is 13.9. The van der Waals surface area contributed by atoms with Gasteiger partial charge in [-0.2, -0.15) is 0 Å². The summed E-state index contributed by atoms with van der Waals surface area (Å²) in [5.41, 5.74) is 1.77. The highest BCUT2D eigenvalue weighted by Crippen LogP contribution is 2.38. The van der Waals surface area contributed by atoms with E-state index in [0.29, 0.717) is 11.3 Å². The van der Waals surface area contributed by atoms with Crippen LogP contribution in [0.5, 0.6) is 0 Å². The highest BCUT2D eigenvalue weighted by atomic mass is 19.1. The average molecular weight is 219 g/mol. The summed E-state index contributed by atoms with van der Waals surface area (Å²) in [7, 11) is 0. The van der Waals surface area contributed by atoms with Gasteiger partial charge in [0, 0.05) is 23.6 Å². The standard InChI is InChI=1S/C13H14FNO/c1-8(16)15-10-6-9-4-5-13(2,3)12(9)11(14)7-10/h4-7H,1-3H3,(H,15,16). The highest BCUT2D eigenvalue weighted by molar-refractivity contribution is 5.89. The molecule has 0 unspecified atom stereocenters. The minimum atomic E-state index is -0.270. The molecule has 0 saturated carbocycles. The number of hydrogen-bond acceptors (Lipinski definition) is 1. The smallest absolute Gasteiger partial charge is 0.221 e. The molecular weight excluding hydrogens is 205 g/mol. The van der Waals surface area contributed by atoms with Gasteiger partial charge in [0.1, 0.15) is 5.82 Å². The predicted octanol–water partition coefficient (Wildman–Crippen LogP) is 3.09. The van der Waals surface area contributed by atoms with Crippen LogP contribution in [0.4, 0.5) is 10.1 Å². The van der Waals surface area contributed by atoms with Crippen molar-refractivity contribution in [3.05, 3.63) is 35.2 Å². The third-order valence-electron chi connectivity index (χ3n) is 2.76. The Morgan fingerprint density at radius 2 is 2.06 bits per heavy atom. The second-order valence-corrected chi connectivity index (χ2v) is 4.66. The van der Waals surface area contributed by atoms with E-state index >= 15 is 0 Å². The maximum Gasteiger partial charge on any atom is 0.221 e. The van der Waals surface area contributed by atoms with Crippen molar-refractivity contribution < 1.29 is 9.18 Å². The molecule has 2 rings (SSSR count). The molecule has 84 valence electrons. The molecule has 0 aliphatic heterocycles. The fourth-order valence-electron chi connectivity index (χ4n) is 2.10. The highest BCUT2D eigenvalue weighted by Gasteiger charge is 2.28. The Labute approximate surface area is 94.2 Å². The van der Waals surface area contributed by atoms with Gasteiger partial charge in [0.2, 0.25) is 5.91 Å². The molecule has 0 atom stereocenters. The van der Waals surface area contributed by atoms with Crippen LogP contribution >= 0.6 is 0 Å².